The average molecular weight is 601 g/mol. The molecule has 26 heavy (non-hydrogen) atoms. The topological polar surface area (TPSA) is 0 Å². The van der Waals surface area contributed by atoms with E-state index in [1.54, 1.807) is 0 Å². The van der Waals surface area contributed by atoms with E-state index in [-0.39, 0.29) is 75.1 Å². The quantitative estimate of drug-likeness (QED) is 0.221. The normalized spacial score (nSPS) is 15.7. The standard InChI is InChI=1S/C23H23.2HI.Ti/c1-14-15(2)22(23(4,5)16(14)3)20-12-8-11-19-18-10-7-6-9-17(18)13-21(19)20;;;/h6-13H,1-5H3;2*1H;/q-1;;;+3/p-2. The van der Waals surface area contributed by atoms with Gasteiger partial charge in [0.05, 0.1) is 0 Å². The van der Waals surface area contributed by atoms with Crippen molar-refractivity contribution < 1.29 is 69.7 Å². The van der Waals surface area contributed by atoms with Gasteiger partial charge in [0, 0.05) is 5.41 Å². The number of allylic oxidation sites excluding steroid dienone is 4. The average Bonchev–Trinajstić information content (AvgIpc) is 2.98. The van der Waals surface area contributed by atoms with Crippen molar-refractivity contribution in [2.24, 2.45) is 5.41 Å². The third-order valence-corrected chi connectivity index (χ3v) is 5.99. The zero-order valence-corrected chi connectivity index (χ0v) is 21.8. The summed E-state index contributed by atoms with van der Waals surface area (Å²) in [5, 5.41) is 5.46. The Hall–Kier alpha value is -0.0357. The van der Waals surface area contributed by atoms with Crippen LogP contribution in [0.1, 0.15) is 40.2 Å². The molecule has 0 aromatic heterocycles. The molecule has 1 radical (unpaired) electrons. The second-order valence-electron chi connectivity index (χ2n) is 7.37. The monoisotopic (exact) mass is 601 g/mol. The molecule has 1 aliphatic carbocycles. The molecule has 0 saturated heterocycles. The van der Waals surface area contributed by atoms with Gasteiger partial charge < -0.3 is 48.0 Å². The van der Waals surface area contributed by atoms with Gasteiger partial charge >= 0.3 is 21.7 Å². The summed E-state index contributed by atoms with van der Waals surface area (Å²) in [6, 6.07) is 17.8. The molecule has 0 nitrogen and oxygen atoms in total. The maximum Gasteiger partial charge on any atom is 3.00 e. The summed E-state index contributed by atoms with van der Waals surface area (Å²) in [4.78, 5) is 0. The van der Waals surface area contributed by atoms with Gasteiger partial charge in [0.15, 0.2) is 0 Å². The molecule has 3 heteroatoms. The van der Waals surface area contributed by atoms with Crippen molar-refractivity contribution in [2.45, 2.75) is 34.6 Å². The van der Waals surface area contributed by atoms with Crippen LogP contribution in [0, 0.1) is 5.41 Å². The molecule has 0 saturated carbocycles. The van der Waals surface area contributed by atoms with E-state index in [1.165, 1.54) is 49.4 Å². The smallest absolute Gasteiger partial charge is 1.00 e. The Morgan fingerprint density at radius 1 is 0.769 bits per heavy atom. The van der Waals surface area contributed by atoms with Gasteiger partial charge in [-0.15, -0.1) is 33.7 Å². The molecule has 0 aliphatic heterocycles. The molecule has 0 fully saturated rings. The van der Waals surface area contributed by atoms with E-state index in [0.29, 0.717) is 0 Å². The summed E-state index contributed by atoms with van der Waals surface area (Å²) in [5.74, 6) is 0. The van der Waals surface area contributed by atoms with E-state index in [2.05, 4.69) is 83.1 Å². The summed E-state index contributed by atoms with van der Waals surface area (Å²) < 4.78 is 0. The fraction of sp³-hybridized carbons (Fsp3) is 0.261. The van der Waals surface area contributed by atoms with Crippen LogP contribution in [0.25, 0.3) is 27.1 Å². The minimum atomic E-state index is 0. The fourth-order valence-electron chi connectivity index (χ4n) is 4.33. The van der Waals surface area contributed by atoms with E-state index >= 15 is 0 Å². The van der Waals surface area contributed by atoms with Crippen molar-refractivity contribution in [3.05, 3.63) is 70.8 Å². The molecule has 0 unspecified atom stereocenters. The van der Waals surface area contributed by atoms with Crippen molar-refractivity contribution >= 4 is 27.1 Å². The molecule has 133 valence electrons. The van der Waals surface area contributed by atoms with Crippen molar-refractivity contribution in [3.8, 4) is 0 Å². The summed E-state index contributed by atoms with van der Waals surface area (Å²) in [6.07, 6.45) is 0. The second kappa shape index (κ2) is 8.54. The van der Waals surface area contributed by atoms with Crippen LogP contribution < -0.4 is 48.0 Å². The summed E-state index contributed by atoms with van der Waals surface area (Å²) in [7, 11) is 0. The van der Waals surface area contributed by atoms with Gasteiger partial charge in [-0.05, 0) is 26.3 Å². The van der Waals surface area contributed by atoms with Crippen LogP contribution in [0.3, 0.4) is 0 Å². The van der Waals surface area contributed by atoms with Gasteiger partial charge in [0.25, 0.3) is 0 Å². The van der Waals surface area contributed by atoms with Crippen LogP contribution in [0.2, 0.25) is 0 Å². The van der Waals surface area contributed by atoms with Crippen LogP contribution in [0.4, 0.5) is 0 Å². The van der Waals surface area contributed by atoms with E-state index in [4.69, 9.17) is 0 Å². The minimum absolute atomic E-state index is 0. The van der Waals surface area contributed by atoms with Gasteiger partial charge in [-0.3, -0.25) is 0 Å². The molecule has 0 atom stereocenters. The Morgan fingerprint density at radius 2 is 1.38 bits per heavy atom. The Morgan fingerprint density at radius 3 is 2.00 bits per heavy atom. The molecule has 0 spiro atoms. The Balaban J connectivity index is 0.00000113. The van der Waals surface area contributed by atoms with E-state index in [0.717, 1.165) is 0 Å². The van der Waals surface area contributed by atoms with Crippen LogP contribution in [-0.2, 0) is 21.7 Å². The first kappa shape index (κ1) is 24.0. The predicted molar refractivity (Wildman–Crippen MR) is 102 cm³/mol. The molecule has 1 aliphatic rings. The molecule has 0 amide bonds. The third kappa shape index (κ3) is 3.40. The maximum atomic E-state index is 2.36. The SMILES string of the molecule is CC1=C(C)C(C)(C)C(c2cccc3c2[cH-]c2ccccc23)=C1C.[I-].[I-].[Ti+3]. The fourth-order valence-corrected chi connectivity index (χ4v) is 4.33. The first-order valence-electron chi connectivity index (χ1n) is 8.40. The van der Waals surface area contributed by atoms with E-state index in [9.17, 15) is 0 Å². The zero-order chi connectivity index (χ0) is 16.4. The maximum absolute atomic E-state index is 2.36. The molecule has 3 aromatic carbocycles. The minimum Gasteiger partial charge on any atom is -1.00 e. The molecule has 4 rings (SSSR count). The second-order valence-corrected chi connectivity index (χ2v) is 7.37. The van der Waals surface area contributed by atoms with Crippen molar-refractivity contribution in [1.29, 1.82) is 0 Å². The first-order valence-corrected chi connectivity index (χ1v) is 8.40. The number of halogens is 2. The Bertz CT molecular complexity index is 1020. The van der Waals surface area contributed by atoms with Gasteiger partial charge in [-0.1, -0.05) is 72.5 Å². The first-order chi connectivity index (χ1) is 10.9. The largest absolute Gasteiger partial charge is 3.00 e. The van der Waals surface area contributed by atoms with Gasteiger partial charge in [-0.2, -0.15) is 0 Å². The zero-order valence-electron chi connectivity index (χ0n) is 15.9. The number of rotatable bonds is 1. The van der Waals surface area contributed by atoms with Gasteiger partial charge in [0.2, 0.25) is 0 Å². The third-order valence-electron chi connectivity index (χ3n) is 5.99. The molecule has 0 heterocycles. The number of hydrogen-bond acceptors (Lipinski definition) is 0. The van der Waals surface area contributed by atoms with Crippen LogP contribution in [0.5, 0.6) is 0 Å². The molecule has 0 N–H and O–H groups in total. The van der Waals surface area contributed by atoms with Crippen LogP contribution in [-0.4, -0.2) is 0 Å². The van der Waals surface area contributed by atoms with E-state index in [1.807, 2.05) is 0 Å². The van der Waals surface area contributed by atoms with Gasteiger partial charge in [-0.25, -0.2) is 0 Å². The van der Waals surface area contributed by atoms with Crippen molar-refractivity contribution in [1.82, 2.24) is 0 Å². The Kier molecular flexibility index (Phi) is 7.89. The summed E-state index contributed by atoms with van der Waals surface area (Å²) in [5.41, 5.74) is 7.40. The van der Waals surface area contributed by atoms with Crippen molar-refractivity contribution in [3.63, 3.8) is 0 Å². The molecule has 3 aromatic rings. The van der Waals surface area contributed by atoms with Crippen LogP contribution in [0.15, 0.2) is 65.3 Å². The molecule has 0 bridgehead atoms. The van der Waals surface area contributed by atoms with Crippen LogP contribution >= 0.6 is 0 Å². The van der Waals surface area contributed by atoms with Crippen molar-refractivity contribution in [2.75, 3.05) is 0 Å². The number of benzene rings is 2. The van der Waals surface area contributed by atoms with Gasteiger partial charge in [0.1, 0.15) is 0 Å². The summed E-state index contributed by atoms with van der Waals surface area (Å²) >= 11 is 0. The molecular weight excluding hydrogens is 578 g/mol. The number of fused-ring (bicyclic) bond motifs is 3. The van der Waals surface area contributed by atoms with E-state index < -0.39 is 0 Å². The number of hydrogen-bond donors (Lipinski definition) is 0. The molecular formula is C23H23I2Ti. The summed E-state index contributed by atoms with van der Waals surface area (Å²) in [6.45, 7) is 11.6. The predicted octanol–water partition coefficient (Wildman–Crippen LogP) is 0.867. The Labute approximate surface area is 205 Å².